The fourth-order valence-electron chi connectivity index (χ4n) is 1.83. The maximum absolute atomic E-state index is 11.5. The van der Waals surface area contributed by atoms with Crippen molar-refractivity contribution < 1.29 is 4.79 Å². The average molecular weight is 186 g/mol. The van der Waals surface area contributed by atoms with Crippen molar-refractivity contribution in [2.45, 2.75) is 39.4 Å². The summed E-state index contributed by atoms with van der Waals surface area (Å²) in [5.41, 5.74) is 0. The minimum Gasteiger partial charge on any atom is -0.287 e. The van der Waals surface area contributed by atoms with Crippen LogP contribution in [0.2, 0.25) is 0 Å². The maximum atomic E-state index is 11.5. The molecule has 1 aliphatic rings. The molecule has 0 bridgehead atoms. The van der Waals surface area contributed by atoms with Gasteiger partial charge in [0.2, 0.25) is 0 Å². The molecule has 70 valence electrons. The summed E-state index contributed by atoms with van der Waals surface area (Å²) < 4.78 is 0. The van der Waals surface area contributed by atoms with Crippen molar-refractivity contribution in [3.8, 4) is 0 Å². The summed E-state index contributed by atoms with van der Waals surface area (Å²) in [6, 6.07) is 0. The van der Waals surface area contributed by atoms with E-state index in [0.717, 1.165) is 6.42 Å². The number of thioether (sulfide) groups is 1. The summed E-state index contributed by atoms with van der Waals surface area (Å²) in [6.45, 7) is 8.71. The first-order chi connectivity index (χ1) is 5.57. The van der Waals surface area contributed by atoms with E-state index in [4.69, 9.17) is 0 Å². The van der Waals surface area contributed by atoms with Crippen LogP contribution in [0.1, 0.15) is 34.1 Å². The Labute approximate surface area is 79.3 Å². The van der Waals surface area contributed by atoms with Gasteiger partial charge in [-0.2, -0.15) is 0 Å². The van der Waals surface area contributed by atoms with Gasteiger partial charge in [0.1, 0.15) is 0 Å². The second-order valence-electron chi connectivity index (χ2n) is 3.89. The van der Waals surface area contributed by atoms with E-state index in [-0.39, 0.29) is 5.92 Å². The van der Waals surface area contributed by atoms with Gasteiger partial charge in [-0.3, -0.25) is 4.79 Å². The SMILES string of the molecule is CC[C@H]1SC(=O)[C@H](C)[C@@H](C)[C@@H]1C. The Morgan fingerprint density at radius 3 is 2.33 bits per heavy atom. The van der Waals surface area contributed by atoms with Crippen LogP contribution < -0.4 is 0 Å². The summed E-state index contributed by atoms with van der Waals surface area (Å²) >= 11 is 1.57. The van der Waals surface area contributed by atoms with Crippen molar-refractivity contribution >= 4 is 16.9 Å². The third-order valence-corrected chi connectivity index (χ3v) is 4.92. The number of hydrogen-bond donors (Lipinski definition) is 0. The molecule has 0 aromatic rings. The lowest BCUT2D eigenvalue weighted by molar-refractivity contribution is -0.116. The van der Waals surface area contributed by atoms with Crippen molar-refractivity contribution in [3.05, 3.63) is 0 Å². The highest BCUT2D eigenvalue weighted by Gasteiger charge is 2.36. The van der Waals surface area contributed by atoms with Crippen LogP contribution >= 0.6 is 11.8 Å². The monoisotopic (exact) mass is 186 g/mol. The first kappa shape index (κ1) is 10.1. The zero-order chi connectivity index (χ0) is 9.30. The Hall–Kier alpha value is 0.0200. The predicted molar refractivity (Wildman–Crippen MR) is 54.2 cm³/mol. The molecule has 1 heterocycles. The average Bonchev–Trinajstić information content (AvgIpc) is 2.08. The van der Waals surface area contributed by atoms with Crippen molar-refractivity contribution in [3.63, 3.8) is 0 Å². The predicted octanol–water partition coefficient (Wildman–Crippen LogP) is 2.95. The molecule has 0 aromatic carbocycles. The zero-order valence-electron chi connectivity index (χ0n) is 8.33. The summed E-state index contributed by atoms with van der Waals surface area (Å²) in [4.78, 5) is 11.5. The summed E-state index contributed by atoms with van der Waals surface area (Å²) in [5.74, 6) is 1.50. The van der Waals surface area contributed by atoms with Crippen molar-refractivity contribution in [1.29, 1.82) is 0 Å². The lowest BCUT2D eigenvalue weighted by Crippen LogP contribution is -2.35. The Bertz CT molecular complexity index is 177. The third-order valence-electron chi connectivity index (χ3n) is 3.25. The van der Waals surface area contributed by atoms with Crippen molar-refractivity contribution in [2.75, 3.05) is 0 Å². The molecule has 1 rings (SSSR count). The molecular weight excluding hydrogens is 168 g/mol. The lowest BCUT2D eigenvalue weighted by Gasteiger charge is -2.36. The van der Waals surface area contributed by atoms with Gasteiger partial charge in [0.15, 0.2) is 5.12 Å². The first-order valence-corrected chi connectivity index (χ1v) is 5.66. The summed E-state index contributed by atoms with van der Waals surface area (Å²) in [6.07, 6.45) is 1.12. The normalized spacial score (nSPS) is 43.2. The highest BCUT2D eigenvalue weighted by Crippen LogP contribution is 2.40. The lowest BCUT2D eigenvalue weighted by atomic mass is 9.82. The molecule has 0 spiro atoms. The van der Waals surface area contributed by atoms with Gasteiger partial charge in [0.05, 0.1) is 0 Å². The number of rotatable bonds is 1. The quantitative estimate of drug-likeness (QED) is 0.626. The largest absolute Gasteiger partial charge is 0.287 e. The van der Waals surface area contributed by atoms with Crippen LogP contribution in [0, 0.1) is 17.8 Å². The molecular formula is C10H18OS. The van der Waals surface area contributed by atoms with E-state index in [1.54, 1.807) is 11.8 Å². The molecule has 1 nitrogen and oxygen atoms in total. The van der Waals surface area contributed by atoms with E-state index in [9.17, 15) is 4.79 Å². The number of hydrogen-bond acceptors (Lipinski definition) is 2. The van der Waals surface area contributed by atoms with Gasteiger partial charge >= 0.3 is 0 Å². The molecule has 0 unspecified atom stereocenters. The Morgan fingerprint density at radius 1 is 1.25 bits per heavy atom. The van der Waals surface area contributed by atoms with E-state index in [1.807, 2.05) is 0 Å². The second-order valence-corrected chi connectivity index (χ2v) is 5.13. The maximum Gasteiger partial charge on any atom is 0.192 e. The fraction of sp³-hybridized carbons (Fsp3) is 0.900. The van der Waals surface area contributed by atoms with Crippen LogP contribution in [-0.4, -0.2) is 10.4 Å². The van der Waals surface area contributed by atoms with E-state index in [2.05, 4.69) is 27.7 Å². The van der Waals surface area contributed by atoms with Crippen LogP contribution in [0.3, 0.4) is 0 Å². The van der Waals surface area contributed by atoms with Crippen molar-refractivity contribution in [1.82, 2.24) is 0 Å². The van der Waals surface area contributed by atoms with Crippen LogP contribution in [0.25, 0.3) is 0 Å². The molecule has 0 amide bonds. The molecule has 0 aromatic heterocycles. The molecule has 12 heavy (non-hydrogen) atoms. The van der Waals surface area contributed by atoms with E-state index in [1.165, 1.54) is 0 Å². The minimum atomic E-state index is 0.257. The standard InChI is InChI=1S/C10H18OS/c1-5-9-7(3)6(2)8(4)10(11)12-9/h6-9H,5H2,1-4H3/t6-,7-,8+,9+/m0/s1. The second kappa shape index (κ2) is 3.82. The van der Waals surface area contributed by atoms with Gasteiger partial charge in [-0.25, -0.2) is 0 Å². The Kier molecular flexibility index (Phi) is 3.22. The summed E-state index contributed by atoms with van der Waals surface area (Å²) in [7, 11) is 0. The Balaban J connectivity index is 2.70. The molecule has 1 fully saturated rings. The van der Waals surface area contributed by atoms with Crippen LogP contribution in [-0.2, 0) is 4.79 Å². The fourth-order valence-corrected chi connectivity index (χ4v) is 3.18. The molecule has 1 saturated heterocycles. The van der Waals surface area contributed by atoms with Crippen LogP contribution in [0.5, 0.6) is 0 Å². The molecule has 1 aliphatic heterocycles. The molecule has 0 aliphatic carbocycles. The topological polar surface area (TPSA) is 17.1 Å². The van der Waals surface area contributed by atoms with Gasteiger partial charge in [-0.15, -0.1) is 0 Å². The minimum absolute atomic E-state index is 0.257. The van der Waals surface area contributed by atoms with Gasteiger partial charge < -0.3 is 0 Å². The van der Waals surface area contributed by atoms with Gasteiger partial charge in [0.25, 0.3) is 0 Å². The molecule has 0 saturated carbocycles. The molecule has 0 radical (unpaired) electrons. The smallest absolute Gasteiger partial charge is 0.192 e. The van der Waals surface area contributed by atoms with Gasteiger partial charge in [-0.1, -0.05) is 39.5 Å². The molecule has 4 atom stereocenters. The number of carbonyl (C=O) groups is 1. The van der Waals surface area contributed by atoms with Crippen LogP contribution in [0.4, 0.5) is 0 Å². The van der Waals surface area contributed by atoms with E-state index in [0.29, 0.717) is 22.2 Å². The molecule has 0 N–H and O–H groups in total. The Morgan fingerprint density at radius 2 is 1.83 bits per heavy atom. The van der Waals surface area contributed by atoms with E-state index >= 15 is 0 Å². The van der Waals surface area contributed by atoms with E-state index < -0.39 is 0 Å². The van der Waals surface area contributed by atoms with Crippen LogP contribution in [0.15, 0.2) is 0 Å². The zero-order valence-corrected chi connectivity index (χ0v) is 9.15. The van der Waals surface area contributed by atoms with Gasteiger partial charge in [-0.05, 0) is 18.3 Å². The highest BCUT2D eigenvalue weighted by molar-refractivity contribution is 8.14. The highest BCUT2D eigenvalue weighted by atomic mass is 32.2. The number of carbonyl (C=O) groups excluding carboxylic acids is 1. The molecule has 2 heteroatoms. The third kappa shape index (κ3) is 1.68. The first-order valence-electron chi connectivity index (χ1n) is 4.78. The van der Waals surface area contributed by atoms with Crippen molar-refractivity contribution in [2.24, 2.45) is 17.8 Å². The summed E-state index contributed by atoms with van der Waals surface area (Å²) in [5, 5.41) is 0.955. The van der Waals surface area contributed by atoms with Gasteiger partial charge in [0, 0.05) is 11.2 Å².